The molecule has 1 aliphatic rings. The highest BCUT2D eigenvalue weighted by Crippen LogP contribution is 2.18. The van der Waals surface area contributed by atoms with Crippen molar-refractivity contribution in [3.8, 4) is 0 Å². The second-order valence-electron chi connectivity index (χ2n) is 5.30. The van der Waals surface area contributed by atoms with Gasteiger partial charge in [-0.2, -0.15) is 0 Å². The molecule has 0 bridgehead atoms. The molecule has 0 radical (unpaired) electrons. The summed E-state index contributed by atoms with van der Waals surface area (Å²) in [7, 11) is 0. The SMILES string of the molecule is CC(C)CN(Cc1cccs1)CC1CCCO1. The highest BCUT2D eigenvalue weighted by molar-refractivity contribution is 7.09. The minimum atomic E-state index is 0.466. The van der Waals surface area contributed by atoms with Gasteiger partial charge in [0.25, 0.3) is 0 Å². The van der Waals surface area contributed by atoms with E-state index >= 15 is 0 Å². The molecule has 3 heteroatoms. The Kier molecular flexibility index (Phi) is 5.01. The van der Waals surface area contributed by atoms with E-state index in [9.17, 15) is 0 Å². The Hall–Kier alpha value is -0.380. The second kappa shape index (κ2) is 6.53. The van der Waals surface area contributed by atoms with Crippen molar-refractivity contribution in [1.29, 1.82) is 0 Å². The van der Waals surface area contributed by atoms with Gasteiger partial charge in [0.05, 0.1) is 6.10 Å². The minimum Gasteiger partial charge on any atom is -0.377 e. The molecule has 1 aliphatic heterocycles. The zero-order valence-electron chi connectivity index (χ0n) is 10.9. The van der Waals surface area contributed by atoms with E-state index in [1.54, 1.807) is 0 Å². The van der Waals surface area contributed by atoms with Crippen LogP contribution in [-0.2, 0) is 11.3 Å². The van der Waals surface area contributed by atoms with E-state index in [-0.39, 0.29) is 0 Å². The molecule has 0 amide bonds. The molecule has 17 heavy (non-hydrogen) atoms. The number of hydrogen-bond donors (Lipinski definition) is 0. The van der Waals surface area contributed by atoms with Gasteiger partial charge in [-0.15, -0.1) is 11.3 Å². The zero-order chi connectivity index (χ0) is 12.1. The van der Waals surface area contributed by atoms with E-state index in [2.05, 4.69) is 36.3 Å². The summed E-state index contributed by atoms with van der Waals surface area (Å²) in [5.41, 5.74) is 0. The fourth-order valence-electron chi connectivity index (χ4n) is 2.42. The van der Waals surface area contributed by atoms with Crippen molar-refractivity contribution >= 4 is 11.3 Å². The van der Waals surface area contributed by atoms with E-state index in [0.29, 0.717) is 6.10 Å². The van der Waals surface area contributed by atoms with E-state index < -0.39 is 0 Å². The lowest BCUT2D eigenvalue weighted by molar-refractivity contribution is 0.0668. The third kappa shape index (κ3) is 4.41. The van der Waals surface area contributed by atoms with Gasteiger partial charge in [0.2, 0.25) is 0 Å². The van der Waals surface area contributed by atoms with Crippen molar-refractivity contribution < 1.29 is 4.74 Å². The van der Waals surface area contributed by atoms with Crippen LogP contribution in [0.4, 0.5) is 0 Å². The Morgan fingerprint density at radius 1 is 1.53 bits per heavy atom. The van der Waals surface area contributed by atoms with E-state index in [0.717, 1.165) is 32.2 Å². The maximum Gasteiger partial charge on any atom is 0.0702 e. The van der Waals surface area contributed by atoms with Crippen LogP contribution in [0.2, 0.25) is 0 Å². The lowest BCUT2D eigenvalue weighted by Gasteiger charge is -2.26. The predicted molar refractivity (Wildman–Crippen MR) is 73.4 cm³/mol. The van der Waals surface area contributed by atoms with Gasteiger partial charge in [-0.3, -0.25) is 4.90 Å². The van der Waals surface area contributed by atoms with Crippen LogP contribution >= 0.6 is 11.3 Å². The summed E-state index contributed by atoms with van der Waals surface area (Å²) in [6.45, 7) is 8.87. The Bertz CT molecular complexity index is 304. The van der Waals surface area contributed by atoms with Gasteiger partial charge in [-0.05, 0) is 30.2 Å². The highest BCUT2D eigenvalue weighted by atomic mass is 32.1. The van der Waals surface area contributed by atoms with E-state index in [1.165, 1.54) is 17.7 Å². The van der Waals surface area contributed by atoms with E-state index in [4.69, 9.17) is 4.74 Å². The lowest BCUT2D eigenvalue weighted by atomic mass is 10.1. The van der Waals surface area contributed by atoms with E-state index in [1.807, 2.05) is 11.3 Å². The summed E-state index contributed by atoms with van der Waals surface area (Å²) in [4.78, 5) is 4.01. The van der Waals surface area contributed by atoms with Crippen molar-refractivity contribution in [2.24, 2.45) is 5.92 Å². The first-order valence-corrected chi connectivity index (χ1v) is 7.48. The largest absolute Gasteiger partial charge is 0.377 e. The van der Waals surface area contributed by atoms with Gasteiger partial charge in [-0.25, -0.2) is 0 Å². The Morgan fingerprint density at radius 2 is 2.41 bits per heavy atom. The molecular formula is C14H23NOS. The van der Waals surface area contributed by atoms with Crippen molar-refractivity contribution in [1.82, 2.24) is 4.90 Å². The number of hydrogen-bond acceptors (Lipinski definition) is 3. The Morgan fingerprint density at radius 3 is 3.00 bits per heavy atom. The summed E-state index contributed by atoms with van der Waals surface area (Å²) >= 11 is 1.85. The molecule has 0 N–H and O–H groups in total. The monoisotopic (exact) mass is 253 g/mol. The molecule has 0 saturated carbocycles. The smallest absolute Gasteiger partial charge is 0.0702 e. The fraction of sp³-hybridized carbons (Fsp3) is 0.714. The molecule has 1 saturated heterocycles. The molecule has 2 rings (SSSR count). The first kappa shape index (κ1) is 13.1. The van der Waals surface area contributed by atoms with Crippen molar-refractivity contribution in [3.05, 3.63) is 22.4 Å². The highest BCUT2D eigenvalue weighted by Gasteiger charge is 2.20. The van der Waals surface area contributed by atoms with Crippen LogP contribution in [0, 0.1) is 5.92 Å². The second-order valence-corrected chi connectivity index (χ2v) is 6.33. The zero-order valence-corrected chi connectivity index (χ0v) is 11.7. The van der Waals surface area contributed by atoms with Crippen LogP contribution < -0.4 is 0 Å². The lowest BCUT2D eigenvalue weighted by Crippen LogP contribution is -2.34. The number of ether oxygens (including phenoxy) is 1. The third-order valence-corrected chi connectivity index (χ3v) is 3.93. The summed E-state index contributed by atoms with van der Waals surface area (Å²) in [5.74, 6) is 0.719. The minimum absolute atomic E-state index is 0.466. The van der Waals surface area contributed by atoms with Crippen LogP contribution in [0.15, 0.2) is 17.5 Å². The van der Waals surface area contributed by atoms with Crippen LogP contribution in [0.5, 0.6) is 0 Å². The van der Waals surface area contributed by atoms with Gasteiger partial charge in [0, 0.05) is 31.1 Å². The van der Waals surface area contributed by atoms with Gasteiger partial charge in [-0.1, -0.05) is 19.9 Å². The molecule has 2 nitrogen and oxygen atoms in total. The van der Waals surface area contributed by atoms with Gasteiger partial charge >= 0.3 is 0 Å². The maximum absolute atomic E-state index is 5.75. The molecule has 1 aromatic heterocycles. The molecule has 0 aliphatic carbocycles. The van der Waals surface area contributed by atoms with Crippen molar-refractivity contribution in [3.63, 3.8) is 0 Å². The van der Waals surface area contributed by atoms with Crippen LogP contribution in [0.25, 0.3) is 0 Å². The van der Waals surface area contributed by atoms with Gasteiger partial charge in [0.1, 0.15) is 0 Å². The number of rotatable bonds is 6. The van der Waals surface area contributed by atoms with Crippen molar-refractivity contribution in [2.75, 3.05) is 19.7 Å². The first-order valence-electron chi connectivity index (χ1n) is 6.60. The molecule has 2 heterocycles. The van der Waals surface area contributed by atoms with Gasteiger partial charge < -0.3 is 4.74 Å². The van der Waals surface area contributed by atoms with Gasteiger partial charge in [0.15, 0.2) is 0 Å². The summed E-state index contributed by atoms with van der Waals surface area (Å²) < 4.78 is 5.75. The average Bonchev–Trinajstić information content (AvgIpc) is 2.89. The first-order chi connectivity index (χ1) is 8.24. The predicted octanol–water partition coefficient (Wildman–Crippen LogP) is 3.39. The summed E-state index contributed by atoms with van der Waals surface area (Å²) in [5, 5.41) is 2.16. The fourth-order valence-corrected chi connectivity index (χ4v) is 3.17. The number of thiophene rings is 1. The molecule has 1 aromatic rings. The number of nitrogens with zero attached hydrogens (tertiary/aromatic N) is 1. The maximum atomic E-state index is 5.75. The Labute approximate surface area is 109 Å². The molecule has 1 atom stereocenters. The Balaban J connectivity index is 1.87. The third-order valence-electron chi connectivity index (χ3n) is 3.07. The normalized spacial score (nSPS) is 20.6. The molecule has 1 unspecified atom stereocenters. The molecular weight excluding hydrogens is 230 g/mol. The summed E-state index contributed by atoms with van der Waals surface area (Å²) in [6.07, 6.45) is 2.94. The molecule has 1 fully saturated rings. The van der Waals surface area contributed by atoms with Crippen LogP contribution in [0.1, 0.15) is 31.6 Å². The van der Waals surface area contributed by atoms with Crippen LogP contribution in [-0.4, -0.2) is 30.7 Å². The summed E-state index contributed by atoms with van der Waals surface area (Å²) in [6, 6.07) is 4.37. The standard InChI is InChI=1S/C14H23NOS/c1-12(2)9-15(10-13-5-3-7-16-13)11-14-6-4-8-17-14/h4,6,8,12-13H,3,5,7,9-11H2,1-2H3. The quantitative estimate of drug-likeness (QED) is 0.770. The molecule has 96 valence electrons. The van der Waals surface area contributed by atoms with Crippen LogP contribution in [0.3, 0.4) is 0 Å². The average molecular weight is 253 g/mol. The molecule has 0 aromatic carbocycles. The topological polar surface area (TPSA) is 12.5 Å². The molecule has 0 spiro atoms. The van der Waals surface area contributed by atoms with Crippen molar-refractivity contribution in [2.45, 2.75) is 39.3 Å².